The van der Waals surface area contributed by atoms with Gasteiger partial charge < -0.3 is 0 Å². The Balaban J connectivity index is 4.71. The maximum Gasteiger partial charge on any atom is 0.226 e. The van der Waals surface area contributed by atoms with Gasteiger partial charge in [-0.2, -0.15) is 0 Å². The first-order valence-corrected chi connectivity index (χ1v) is 8.69. The van der Waals surface area contributed by atoms with Gasteiger partial charge in [0.2, 0.25) is 20.0 Å². The van der Waals surface area contributed by atoms with Crippen molar-refractivity contribution in [1.82, 2.24) is 3.71 Å². The Morgan fingerprint density at radius 1 is 0.812 bits per heavy atom. The van der Waals surface area contributed by atoms with Gasteiger partial charge in [0, 0.05) is 7.05 Å². The number of hydrogen-bond acceptors (Lipinski definition) is 4. The first-order chi connectivity index (χ1) is 7.28. The van der Waals surface area contributed by atoms with Crippen LogP contribution in [0.5, 0.6) is 0 Å². The summed E-state index contributed by atoms with van der Waals surface area (Å²) in [6.07, 6.45) is 2.41. The van der Waals surface area contributed by atoms with Crippen molar-refractivity contribution in [3.63, 3.8) is 0 Å². The summed E-state index contributed by atoms with van der Waals surface area (Å²) >= 11 is 0. The Hall–Kier alpha value is -0.140. The van der Waals surface area contributed by atoms with Gasteiger partial charge in [-0.1, -0.05) is 30.4 Å². The lowest BCUT2D eigenvalue weighted by Crippen LogP contribution is -2.36. The van der Waals surface area contributed by atoms with E-state index < -0.39 is 20.0 Å². The molecule has 98 valence electrons. The third kappa shape index (κ3) is 4.80. The Morgan fingerprint density at radius 3 is 1.38 bits per heavy atom. The van der Waals surface area contributed by atoms with Crippen LogP contribution in [0.4, 0.5) is 0 Å². The van der Waals surface area contributed by atoms with Crippen molar-refractivity contribution in [1.29, 1.82) is 0 Å². The van der Waals surface area contributed by atoms with Crippen molar-refractivity contribution in [2.45, 2.75) is 39.5 Å². The van der Waals surface area contributed by atoms with E-state index in [1.54, 1.807) is 0 Å². The molecule has 5 nitrogen and oxygen atoms in total. The molecule has 0 heterocycles. The van der Waals surface area contributed by atoms with Crippen molar-refractivity contribution in [2.75, 3.05) is 18.6 Å². The van der Waals surface area contributed by atoms with Crippen molar-refractivity contribution in [3.05, 3.63) is 0 Å². The minimum Gasteiger partial charge on any atom is -0.211 e. The Morgan fingerprint density at radius 2 is 1.12 bits per heavy atom. The van der Waals surface area contributed by atoms with Crippen molar-refractivity contribution >= 4 is 20.0 Å². The topological polar surface area (TPSA) is 71.5 Å². The van der Waals surface area contributed by atoms with Gasteiger partial charge in [0.15, 0.2) is 0 Å². The molecule has 16 heavy (non-hydrogen) atoms. The van der Waals surface area contributed by atoms with Gasteiger partial charge in [0.05, 0.1) is 11.5 Å². The third-order valence-corrected chi connectivity index (χ3v) is 6.83. The average molecular weight is 271 g/mol. The quantitative estimate of drug-likeness (QED) is 0.664. The summed E-state index contributed by atoms with van der Waals surface area (Å²) in [5.74, 6) is -0.212. The summed E-state index contributed by atoms with van der Waals surface area (Å²) in [6, 6.07) is 0. The molecule has 0 aliphatic heterocycles. The van der Waals surface area contributed by atoms with Gasteiger partial charge in [-0.25, -0.2) is 16.8 Å². The van der Waals surface area contributed by atoms with E-state index in [1.807, 2.05) is 13.8 Å². The van der Waals surface area contributed by atoms with Crippen LogP contribution in [-0.4, -0.2) is 39.1 Å². The zero-order chi connectivity index (χ0) is 12.8. The molecule has 0 rings (SSSR count). The molecule has 0 saturated heterocycles. The normalized spacial score (nSPS) is 13.2. The van der Waals surface area contributed by atoms with Gasteiger partial charge >= 0.3 is 0 Å². The van der Waals surface area contributed by atoms with Crippen LogP contribution in [-0.2, 0) is 20.0 Å². The first kappa shape index (κ1) is 15.9. The Kier molecular flexibility index (Phi) is 6.50. The molecular formula is C9H21NO4S2. The van der Waals surface area contributed by atoms with E-state index in [0.717, 1.165) is 19.9 Å². The molecule has 0 aromatic heterocycles. The van der Waals surface area contributed by atoms with Gasteiger partial charge in [0.1, 0.15) is 0 Å². The molecule has 0 bridgehead atoms. The molecule has 0 radical (unpaired) electrons. The number of sulfonamides is 2. The number of hydrogen-bond donors (Lipinski definition) is 0. The largest absolute Gasteiger partial charge is 0.226 e. The zero-order valence-electron chi connectivity index (χ0n) is 10.1. The molecular weight excluding hydrogens is 250 g/mol. The predicted molar refractivity (Wildman–Crippen MR) is 65.2 cm³/mol. The summed E-state index contributed by atoms with van der Waals surface area (Å²) in [4.78, 5) is 0. The molecule has 0 unspecified atom stereocenters. The van der Waals surface area contributed by atoms with Gasteiger partial charge in [-0.15, -0.1) is 0 Å². The SMILES string of the molecule is CCCCS(=O)(=O)N(C)S(=O)(=O)CCCC. The van der Waals surface area contributed by atoms with Crippen molar-refractivity contribution < 1.29 is 16.8 Å². The highest BCUT2D eigenvalue weighted by molar-refractivity contribution is 8.03. The van der Waals surface area contributed by atoms with Crippen LogP contribution in [0.15, 0.2) is 0 Å². The van der Waals surface area contributed by atoms with Crippen LogP contribution in [0.1, 0.15) is 39.5 Å². The Labute approximate surface area is 98.9 Å². The van der Waals surface area contributed by atoms with Crippen molar-refractivity contribution in [3.8, 4) is 0 Å². The van der Waals surface area contributed by atoms with Crippen LogP contribution < -0.4 is 0 Å². The van der Waals surface area contributed by atoms with Crippen molar-refractivity contribution in [2.24, 2.45) is 0 Å². The van der Waals surface area contributed by atoms with E-state index in [0.29, 0.717) is 16.6 Å². The van der Waals surface area contributed by atoms with Gasteiger partial charge in [-0.05, 0) is 12.8 Å². The highest BCUT2D eigenvalue weighted by Crippen LogP contribution is 2.10. The molecule has 0 spiro atoms. The molecule has 0 aliphatic rings. The lowest BCUT2D eigenvalue weighted by atomic mass is 10.4. The molecule has 7 heteroatoms. The molecule has 0 fully saturated rings. The fraction of sp³-hybridized carbons (Fsp3) is 1.00. The lowest BCUT2D eigenvalue weighted by Gasteiger charge is -2.16. The van der Waals surface area contributed by atoms with Gasteiger partial charge in [-0.3, -0.25) is 0 Å². The highest BCUT2D eigenvalue weighted by atomic mass is 32.3. The Bertz CT molecular complexity index is 348. The molecule has 0 aromatic carbocycles. The van der Waals surface area contributed by atoms with E-state index in [4.69, 9.17) is 0 Å². The minimum atomic E-state index is -3.67. The van der Waals surface area contributed by atoms with Crippen LogP contribution in [0.25, 0.3) is 0 Å². The predicted octanol–water partition coefficient (Wildman–Crippen LogP) is 1.18. The monoisotopic (exact) mass is 271 g/mol. The van der Waals surface area contributed by atoms with E-state index in [1.165, 1.54) is 0 Å². The van der Waals surface area contributed by atoms with E-state index >= 15 is 0 Å². The minimum absolute atomic E-state index is 0.106. The maximum absolute atomic E-state index is 11.6. The van der Waals surface area contributed by atoms with E-state index in [-0.39, 0.29) is 11.5 Å². The second-order valence-electron chi connectivity index (χ2n) is 3.72. The van der Waals surface area contributed by atoms with Crippen LogP contribution in [0.3, 0.4) is 0 Å². The van der Waals surface area contributed by atoms with Crippen LogP contribution in [0.2, 0.25) is 0 Å². The lowest BCUT2D eigenvalue weighted by molar-refractivity contribution is 0.522. The fourth-order valence-electron chi connectivity index (χ4n) is 1.08. The molecule has 0 aliphatic carbocycles. The van der Waals surface area contributed by atoms with Crippen LogP contribution in [0, 0.1) is 0 Å². The molecule has 0 atom stereocenters. The standard InChI is InChI=1S/C9H21NO4S2/c1-4-6-8-15(11,12)10(3)16(13,14)9-7-5-2/h4-9H2,1-3H3. The fourth-order valence-corrected chi connectivity index (χ4v) is 4.74. The van der Waals surface area contributed by atoms with E-state index in [2.05, 4.69) is 0 Å². The summed E-state index contributed by atoms with van der Waals surface area (Å²) in [5, 5.41) is 0. The zero-order valence-corrected chi connectivity index (χ0v) is 11.8. The summed E-state index contributed by atoms with van der Waals surface area (Å²) in [7, 11) is -6.21. The van der Waals surface area contributed by atoms with Crippen LogP contribution >= 0.6 is 0 Å². The second kappa shape index (κ2) is 6.56. The molecule has 0 N–H and O–H groups in total. The highest BCUT2D eigenvalue weighted by Gasteiger charge is 2.28. The molecule has 0 amide bonds. The number of unbranched alkanes of at least 4 members (excludes halogenated alkanes) is 2. The summed E-state index contributed by atoms with van der Waals surface area (Å²) in [6.45, 7) is 3.72. The molecule has 0 aromatic rings. The maximum atomic E-state index is 11.6. The smallest absolute Gasteiger partial charge is 0.211 e. The third-order valence-electron chi connectivity index (χ3n) is 2.30. The second-order valence-corrected chi connectivity index (χ2v) is 8.19. The number of nitrogens with zero attached hydrogens (tertiary/aromatic N) is 1. The number of rotatable bonds is 8. The average Bonchev–Trinajstić information content (AvgIpc) is 2.22. The van der Waals surface area contributed by atoms with Gasteiger partial charge in [0.25, 0.3) is 0 Å². The summed E-state index contributed by atoms with van der Waals surface area (Å²) < 4.78 is 47.1. The first-order valence-electron chi connectivity index (χ1n) is 5.47. The van der Waals surface area contributed by atoms with E-state index in [9.17, 15) is 16.8 Å². The summed E-state index contributed by atoms with van der Waals surface area (Å²) in [5.41, 5.74) is 0. The molecule has 0 saturated carbocycles.